The third-order valence-corrected chi connectivity index (χ3v) is 8.75. The van der Waals surface area contributed by atoms with Crippen molar-refractivity contribution in [3.8, 4) is 0 Å². The van der Waals surface area contributed by atoms with Crippen molar-refractivity contribution in [3.63, 3.8) is 0 Å². The van der Waals surface area contributed by atoms with E-state index in [9.17, 15) is 14.7 Å². The van der Waals surface area contributed by atoms with Crippen molar-refractivity contribution in [2.24, 2.45) is 0 Å². The molecular formula is C51H80O5. The first-order chi connectivity index (χ1) is 27.6. The fraction of sp³-hybridized carbons (Fsp3) is 0.569. The molecule has 0 rings (SSSR count). The first kappa shape index (κ1) is 52.3. The quantitative estimate of drug-likeness (QED) is 0.0384. The average Bonchev–Trinajstić information content (AvgIpc) is 3.20. The van der Waals surface area contributed by atoms with Gasteiger partial charge in [-0.1, -0.05) is 174 Å². The predicted octanol–water partition coefficient (Wildman–Crippen LogP) is 14.4. The van der Waals surface area contributed by atoms with Gasteiger partial charge in [0.25, 0.3) is 0 Å². The van der Waals surface area contributed by atoms with Crippen LogP contribution in [0.3, 0.4) is 0 Å². The maximum Gasteiger partial charge on any atom is 0.306 e. The number of hydrogen-bond acceptors (Lipinski definition) is 5. The summed E-state index contributed by atoms with van der Waals surface area (Å²) in [6, 6.07) is 0. The van der Waals surface area contributed by atoms with E-state index in [1.807, 2.05) is 0 Å². The van der Waals surface area contributed by atoms with E-state index >= 15 is 0 Å². The Bertz CT molecular complexity index is 1190. The van der Waals surface area contributed by atoms with E-state index in [2.05, 4.69) is 135 Å². The standard InChI is InChI=1S/C51H80O5/c1-3-5-7-9-11-13-15-17-19-21-23-25-27-29-31-33-35-37-39-41-43-45-50(53)55-48-49(47-52)56-51(54)46-44-42-40-38-36-34-32-30-28-26-24-22-20-18-16-14-12-10-8-6-4-2/h5-8,11-14,17-20,23-26,30,32,36,38,49,52H,3-4,9-10,15-16,21-22,27-29,31,33-35,37,39-48H2,1-2H3/b7-5-,8-6-,13-11-,14-12-,19-17-,20-18-,25-23-,26-24-,32-30-,38-36-. The molecule has 1 atom stereocenters. The number of unbranched alkanes of at least 4 members (excludes halogenated alkanes) is 10. The number of hydrogen-bond donors (Lipinski definition) is 1. The van der Waals surface area contributed by atoms with Crippen LogP contribution in [0.2, 0.25) is 0 Å². The number of allylic oxidation sites excluding steroid dienone is 20. The van der Waals surface area contributed by atoms with Gasteiger partial charge in [-0.15, -0.1) is 0 Å². The number of rotatable bonds is 38. The van der Waals surface area contributed by atoms with Crippen LogP contribution in [0, 0.1) is 0 Å². The predicted molar refractivity (Wildman–Crippen MR) is 241 cm³/mol. The minimum Gasteiger partial charge on any atom is -0.462 e. The smallest absolute Gasteiger partial charge is 0.306 e. The second-order valence-electron chi connectivity index (χ2n) is 14.0. The molecule has 5 nitrogen and oxygen atoms in total. The van der Waals surface area contributed by atoms with Crippen molar-refractivity contribution in [2.75, 3.05) is 13.2 Å². The molecule has 0 amide bonds. The Labute approximate surface area is 343 Å². The summed E-state index contributed by atoms with van der Waals surface area (Å²) in [5.41, 5.74) is 0. The molecule has 0 aliphatic heterocycles. The Morgan fingerprint density at radius 3 is 1.11 bits per heavy atom. The van der Waals surface area contributed by atoms with Crippen LogP contribution in [-0.4, -0.2) is 36.4 Å². The summed E-state index contributed by atoms with van der Waals surface area (Å²) in [5.74, 6) is -0.663. The summed E-state index contributed by atoms with van der Waals surface area (Å²) >= 11 is 0. The fourth-order valence-corrected chi connectivity index (χ4v) is 5.49. The van der Waals surface area contributed by atoms with Gasteiger partial charge in [0.05, 0.1) is 6.61 Å². The number of aliphatic hydroxyl groups is 1. The zero-order chi connectivity index (χ0) is 40.7. The molecule has 0 fully saturated rings. The topological polar surface area (TPSA) is 72.8 Å². The van der Waals surface area contributed by atoms with E-state index in [4.69, 9.17) is 9.47 Å². The molecule has 5 heteroatoms. The van der Waals surface area contributed by atoms with E-state index in [-0.39, 0.29) is 25.2 Å². The first-order valence-corrected chi connectivity index (χ1v) is 22.1. The number of aliphatic hydroxyl groups excluding tert-OH is 1. The van der Waals surface area contributed by atoms with Crippen molar-refractivity contribution in [1.29, 1.82) is 0 Å². The molecule has 0 spiro atoms. The lowest BCUT2D eigenvalue weighted by atomic mass is 10.1. The van der Waals surface area contributed by atoms with Crippen LogP contribution < -0.4 is 0 Å². The monoisotopic (exact) mass is 773 g/mol. The van der Waals surface area contributed by atoms with Gasteiger partial charge >= 0.3 is 11.9 Å². The Morgan fingerprint density at radius 2 is 0.714 bits per heavy atom. The molecule has 0 saturated carbocycles. The van der Waals surface area contributed by atoms with Crippen molar-refractivity contribution in [3.05, 3.63) is 122 Å². The fourth-order valence-electron chi connectivity index (χ4n) is 5.49. The lowest BCUT2D eigenvalue weighted by molar-refractivity contribution is -0.161. The van der Waals surface area contributed by atoms with Gasteiger partial charge in [0.15, 0.2) is 6.10 Å². The molecule has 0 aliphatic carbocycles. The second-order valence-corrected chi connectivity index (χ2v) is 14.0. The molecule has 0 aromatic carbocycles. The Morgan fingerprint density at radius 1 is 0.411 bits per heavy atom. The lowest BCUT2D eigenvalue weighted by Crippen LogP contribution is -2.28. The van der Waals surface area contributed by atoms with Gasteiger partial charge in [0, 0.05) is 12.8 Å². The third kappa shape index (κ3) is 43.0. The maximum absolute atomic E-state index is 12.2. The molecule has 1 unspecified atom stereocenters. The molecule has 56 heavy (non-hydrogen) atoms. The van der Waals surface area contributed by atoms with Crippen LogP contribution in [0.15, 0.2) is 122 Å². The van der Waals surface area contributed by atoms with Gasteiger partial charge in [-0.2, -0.15) is 0 Å². The second kappa shape index (κ2) is 45.7. The van der Waals surface area contributed by atoms with Crippen LogP contribution >= 0.6 is 0 Å². The van der Waals surface area contributed by atoms with Crippen molar-refractivity contribution in [2.45, 2.75) is 174 Å². The first-order valence-electron chi connectivity index (χ1n) is 22.1. The molecule has 0 aromatic heterocycles. The van der Waals surface area contributed by atoms with E-state index in [1.54, 1.807) is 0 Å². The molecule has 0 aromatic rings. The molecule has 1 N–H and O–H groups in total. The van der Waals surface area contributed by atoms with Crippen LogP contribution in [0.5, 0.6) is 0 Å². The highest BCUT2D eigenvalue weighted by atomic mass is 16.6. The molecule has 0 radical (unpaired) electrons. The zero-order valence-electron chi connectivity index (χ0n) is 35.6. The van der Waals surface area contributed by atoms with Gasteiger partial charge in [-0.25, -0.2) is 0 Å². The van der Waals surface area contributed by atoms with E-state index < -0.39 is 6.10 Å². The van der Waals surface area contributed by atoms with Gasteiger partial charge < -0.3 is 14.6 Å². The maximum atomic E-state index is 12.2. The average molecular weight is 773 g/mol. The Kier molecular flexibility index (Phi) is 42.7. The summed E-state index contributed by atoms with van der Waals surface area (Å²) in [7, 11) is 0. The SMILES string of the molecule is CC/C=C\C/C=C\C/C=C\C/C=C\C/C=C\C/C=C\CCCCC(=O)OC(CO)COC(=O)CCCCCCCCCC/C=C\C/C=C\C/C=C\C/C=C\CC. The minimum absolute atomic E-state index is 0.0967. The van der Waals surface area contributed by atoms with Gasteiger partial charge in [0.2, 0.25) is 0 Å². The number of ether oxygens (including phenoxy) is 2. The minimum atomic E-state index is -0.808. The summed E-state index contributed by atoms with van der Waals surface area (Å²) < 4.78 is 10.6. The molecule has 0 aliphatic rings. The number of esters is 2. The molecule has 0 heterocycles. The number of carbonyl (C=O) groups is 2. The lowest BCUT2D eigenvalue weighted by Gasteiger charge is -2.15. The van der Waals surface area contributed by atoms with E-state index in [0.29, 0.717) is 12.8 Å². The van der Waals surface area contributed by atoms with Crippen molar-refractivity contribution < 1.29 is 24.2 Å². The number of carbonyl (C=O) groups excluding carboxylic acids is 2. The van der Waals surface area contributed by atoms with Gasteiger partial charge in [0.1, 0.15) is 6.61 Å². The highest BCUT2D eigenvalue weighted by molar-refractivity contribution is 5.70. The van der Waals surface area contributed by atoms with Gasteiger partial charge in [-0.05, 0) is 103 Å². The zero-order valence-corrected chi connectivity index (χ0v) is 35.6. The highest BCUT2D eigenvalue weighted by Gasteiger charge is 2.16. The molecule has 314 valence electrons. The third-order valence-electron chi connectivity index (χ3n) is 8.75. The Balaban J connectivity index is 3.69. The van der Waals surface area contributed by atoms with Crippen molar-refractivity contribution in [1.82, 2.24) is 0 Å². The summed E-state index contributed by atoms with van der Waals surface area (Å²) in [6.07, 6.45) is 66.9. The molecule has 0 bridgehead atoms. The Hall–Kier alpha value is -3.70. The largest absolute Gasteiger partial charge is 0.462 e. The molecular weight excluding hydrogens is 693 g/mol. The van der Waals surface area contributed by atoms with Crippen LogP contribution in [0.1, 0.15) is 168 Å². The summed E-state index contributed by atoms with van der Waals surface area (Å²) in [5, 5.41) is 9.59. The molecule has 0 saturated heterocycles. The normalized spacial score (nSPS) is 13.4. The van der Waals surface area contributed by atoms with Crippen LogP contribution in [0.25, 0.3) is 0 Å². The summed E-state index contributed by atoms with van der Waals surface area (Å²) in [4.78, 5) is 24.4. The van der Waals surface area contributed by atoms with E-state index in [0.717, 1.165) is 109 Å². The van der Waals surface area contributed by atoms with Crippen LogP contribution in [-0.2, 0) is 19.1 Å². The van der Waals surface area contributed by atoms with Gasteiger partial charge in [-0.3, -0.25) is 9.59 Å². The highest BCUT2D eigenvalue weighted by Crippen LogP contribution is 2.12. The van der Waals surface area contributed by atoms with E-state index in [1.165, 1.54) is 32.1 Å². The van der Waals surface area contributed by atoms with Crippen molar-refractivity contribution >= 4 is 11.9 Å². The van der Waals surface area contributed by atoms with Crippen LogP contribution in [0.4, 0.5) is 0 Å². The summed E-state index contributed by atoms with van der Waals surface area (Å²) in [6.45, 7) is 3.85.